The first kappa shape index (κ1) is 32.9. The molecule has 0 spiro atoms. The lowest BCUT2D eigenvalue weighted by Crippen LogP contribution is -2.58. The average Bonchev–Trinajstić information content (AvgIpc) is 3.33. The Morgan fingerprint density at radius 1 is 0.927 bits per heavy atom. The van der Waals surface area contributed by atoms with Crippen LogP contribution in [0.15, 0.2) is 35.5 Å². The summed E-state index contributed by atoms with van der Waals surface area (Å²) in [5.41, 5.74) is 23.2. The molecule has 1 heterocycles. The molecule has 16 heteroatoms. The van der Waals surface area contributed by atoms with E-state index in [9.17, 15) is 29.1 Å². The Morgan fingerprint density at radius 3 is 2.20 bits per heavy atom. The van der Waals surface area contributed by atoms with E-state index >= 15 is 0 Å². The van der Waals surface area contributed by atoms with E-state index in [1.54, 1.807) is 6.20 Å². The van der Waals surface area contributed by atoms with Gasteiger partial charge in [-0.25, -0.2) is 4.79 Å². The first-order valence-electron chi connectivity index (χ1n) is 12.8. The second-order valence-electron chi connectivity index (χ2n) is 9.33. The third-order valence-corrected chi connectivity index (χ3v) is 6.51. The number of nitrogens with two attached hydrogens (primary N) is 4. The number of aliphatic imine (C=N–C) groups is 1. The Morgan fingerprint density at radius 2 is 1.56 bits per heavy atom. The highest BCUT2D eigenvalue weighted by Gasteiger charge is 2.31. The van der Waals surface area contributed by atoms with Crippen LogP contribution >= 0.6 is 12.6 Å². The Labute approximate surface area is 241 Å². The number of nitrogens with one attached hydrogen (secondary N) is 4. The zero-order chi connectivity index (χ0) is 30.5. The monoisotopic (exact) mass is 591 g/mol. The number of nitrogens with zero attached hydrogens (tertiary/aromatic N) is 1. The summed E-state index contributed by atoms with van der Waals surface area (Å²) >= 11 is 3.97. The zero-order valence-corrected chi connectivity index (χ0v) is 23.2. The lowest BCUT2D eigenvalue weighted by atomic mass is 10.0. The van der Waals surface area contributed by atoms with E-state index in [0.29, 0.717) is 12.0 Å². The van der Waals surface area contributed by atoms with Crippen molar-refractivity contribution in [3.8, 4) is 0 Å². The first-order valence-corrected chi connectivity index (χ1v) is 13.4. The zero-order valence-electron chi connectivity index (χ0n) is 22.3. The predicted molar refractivity (Wildman–Crippen MR) is 156 cm³/mol. The highest BCUT2D eigenvalue weighted by atomic mass is 32.1. The van der Waals surface area contributed by atoms with Gasteiger partial charge in [0.05, 0.1) is 6.04 Å². The topological polar surface area (TPSA) is 274 Å². The van der Waals surface area contributed by atoms with E-state index in [-0.39, 0.29) is 43.9 Å². The third-order valence-electron chi connectivity index (χ3n) is 6.15. The largest absolute Gasteiger partial charge is 0.480 e. The van der Waals surface area contributed by atoms with Crippen LogP contribution in [-0.4, -0.2) is 82.1 Å². The van der Waals surface area contributed by atoms with Gasteiger partial charge in [-0.2, -0.15) is 12.6 Å². The van der Waals surface area contributed by atoms with Crippen LogP contribution in [0, 0.1) is 0 Å². The summed E-state index contributed by atoms with van der Waals surface area (Å²) < 4.78 is 0. The number of aromatic amines is 1. The van der Waals surface area contributed by atoms with Gasteiger partial charge in [0.15, 0.2) is 5.96 Å². The van der Waals surface area contributed by atoms with Gasteiger partial charge in [-0.15, -0.1) is 0 Å². The fraction of sp³-hybridized carbons (Fsp3) is 0.440. The number of rotatable bonds is 17. The molecular formula is C25H37N9O6S. The highest BCUT2D eigenvalue weighted by molar-refractivity contribution is 7.80. The Bertz CT molecular complexity index is 1260. The van der Waals surface area contributed by atoms with Gasteiger partial charge in [-0.1, -0.05) is 18.2 Å². The van der Waals surface area contributed by atoms with E-state index in [0.717, 1.165) is 10.9 Å². The fourth-order valence-electron chi connectivity index (χ4n) is 3.94. The molecule has 2 rings (SSSR count). The van der Waals surface area contributed by atoms with Gasteiger partial charge in [-0.3, -0.25) is 24.2 Å². The molecule has 1 aromatic carbocycles. The van der Waals surface area contributed by atoms with Crippen molar-refractivity contribution in [2.24, 2.45) is 27.9 Å². The second kappa shape index (κ2) is 16.1. The van der Waals surface area contributed by atoms with Gasteiger partial charge < -0.3 is 49.0 Å². The van der Waals surface area contributed by atoms with Crippen molar-refractivity contribution in [2.45, 2.75) is 56.3 Å². The summed E-state index contributed by atoms with van der Waals surface area (Å²) in [6.45, 7) is 0.253. The molecule has 41 heavy (non-hydrogen) atoms. The number of benzene rings is 1. The second-order valence-corrected chi connectivity index (χ2v) is 9.69. The number of carboxylic acids is 1. The van der Waals surface area contributed by atoms with Crippen LogP contribution in [0.1, 0.15) is 31.2 Å². The fourth-order valence-corrected chi connectivity index (χ4v) is 4.19. The molecule has 0 bridgehead atoms. The molecule has 2 aromatic rings. The summed E-state index contributed by atoms with van der Waals surface area (Å²) in [6, 6.07) is 2.48. The van der Waals surface area contributed by atoms with Crippen LogP contribution in [-0.2, 0) is 30.4 Å². The van der Waals surface area contributed by atoms with Crippen LogP contribution < -0.4 is 38.9 Å². The number of guanidine groups is 1. The predicted octanol–water partition coefficient (Wildman–Crippen LogP) is -2.17. The number of thiol groups is 1. The molecule has 13 N–H and O–H groups in total. The lowest BCUT2D eigenvalue weighted by Gasteiger charge is -2.25. The van der Waals surface area contributed by atoms with Crippen molar-refractivity contribution in [1.29, 1.82) is 0 Å². The summed E-state index contributed by atoms with van der Waals surface area (Å²) in [5.74, 6) is -4.52. The number of carbonyl (C=O) groups excluding carboxylic acids is 4. The van der Waals surface area contributed by atoms with Crippen molar-refractivity contribution in [3.05, 3.63) is 36.0 Å². The Hall–Kier alpha value is -4.31. The van der Waals surface area contributed by atoms with Gasteiger partial charge in [0, 0.05) is 42.2 Å². The SMILES string of the molecule is NC(=O)CCC(NC(=O)C(N)CCCN=C(N)N)C(=O)NC(Cc1c[nH]c2ccccc12)C(=O)NC(CS)C(=O)O. The summed E-state index contributed by atoms with van der Waals surface area (Å²) in [6.07, 6.45) is 1.87. The quantitative estimate of drug-likeness (QED) is 0.0414. The molecular weight excluding hydrogens is 554 g/mol. The smallest absolute Gasteiger partial charge is 0.327 e. The molecule has 15 nitrogen and oxygen atoms in total. The molecule has 4 unspecified atom stereocenters. The number of para-hydroxylation sites is 1. The maximum Gasteiger partial charge on any atom is 0.327 e. The Kier molecular flexibility index (Phi) is 12.9. The highest BCUT2D eigenvalue weighted by Crippen LogP contribution is 2.19. The number of aliphatic carboxylic acids is 1. The van der Waals surface area contributed by atoms with Crippen LogP contribution in [0.25, 0.3) is 10.9 Å². The number of carboxylic acid groups (broad SMARTS) is 1. The number of hydrogen-bond donors (Lipinski definition) is 10. The van der Waals surface area contributed by atoms with Crippen molar-refractivity contribution < 1.29 is 29.1 Å². The molecule has 0 aliphatic heterocycles. The molecule has 0 saturated heterocycles. The molecule has 224 valence electrons. The Balaban J connectivity index is 2.24. The van der Waals surface area contributed by atoms with Crippen molar-refractivity contribution in [2.75, 3.05) is 12.3 Å². The van der Waals surface area contributed by atoms with E-state index in [2.05, 4.69) is 38.6 Å². The van der Waals surface area contributed by atoms with Gasteiger partial charge in [-0.05, 0) is 30.9 Å². The molecule has 0 saturated carbocycles. The van der Waals surface area contributed by atoms with E-state index < -0.39 is 53.8 Å². The summed E-state index contributed by atoms with van der Waals surface area (Å²) in [7, 11) is 0. The average molecular weight is 592 g/mol. The molecule has 4 amide bonds. The molecule has 0 aliphatic carbocycles. The normalized spacial score (nSPS) is 13.8. The minimum atomic E-state index is -1.31. The maximum absolute atomic E-state index is 13.4. The number of amides is 4. The maximum atomic E-state index is 13.4. The first-order chi connectivity index (χ1) is 19.4. The van der Waals surface area contributed by atoms with Crippen LogP contribution in [0.5, 0.6) is 0 Å². The summed E-state index contributed by atoms with van der Waals surface area (Å²) in [5, 5.41) is 17.6. The number of aromatic nitrogens is 1. The van der Waals surface area contributed by atoms with Crippen molar-refractivity contribution >= 4 is 59.1 Å². The van der Waals surface area contributed by atoms with Gasteiger partial charge in [0.2, 0.25) is 23.6 Å². The minimum absolute atomic E-state index is 0.0126. The molecule has 4 atom stereocenters. The summed E-state index contributed by atoms with van der Waals surface area (Å²) in [4.78, 5) is 69.1. The standard InChI is InChI=1S/C25H37N9O6S/c26-15(5-3-9-30-25(28)29)21(36)32-17(7-8-20(27)35)22(37)33-18(23(38)34-19(12-41)24(39)40)10-13-11-31-16-6-2-1-4-14(13)16/h1-2,4,6,11,15,17-19,31,41H,3,5,7-10,12,26H2,(H2,27,35)(H,32,36)(H,33,37)(H,34,38)(H,39,40)(H4,28,29,30). The van der Waals surface area contributed by atoms with E-state index in [1.807, 2.05) is 24.3 Å². The number of primary amides is 1. The molecule has 0 radical (unpaired) electrons. The molecule has 0 aliphatic rings. The molecule has 1 aromatic heterocycles. The molecule has 0 fully saturated rings. The van der Waals surface area contributed by atoms with Crippen LogP contribution in [0.4, 0.5) is 0 Å². The van der Waals surface area contributed by atoms with Crippen molar-refractivity contribution in [3.63, 3.8) is 0 Å². The van der Waals surface area contributed by atoms with E-state index in [4.69, 9.17) is 22.9 Å². The van der Waals surface area contributed by atoms with Gasteiger partial charge in [0.1, 0.15) is 18.1 Å². The van der Waals surface area contributed by atoms with Crippen LogP contribution in [0.3, 0.4) is 0 Å². The number of fused-ring (bicyclic) bond motifs is 1. The van der Waals surface area contributed by atoms with Crippen molar-refractivity contribution in [1.82, 2.24) is 20.9 Å². The number of carbonyl (C=O) groups is 5. The number of hydrogen-bond acceptors (Lipinski definition) is 8. The van der Waals surface area contributed by atoms with Gasteiger partial charge in [0.25, 0.3) is 0 Å². The number of H-pyrrole nitrogens is 1. The lowest BCUT2D eigenvalue weighted by molar-refractivity contribution is -0.141. The van der Waals surface area contributed by atoms with Crippen LogP contribution in [0.2, 0.25) is 0 Å². The third kappa shape index (κ3) is 10.6. The minimum Gasteiger partial charge on any atom is -0.480 e. The van der Waals surface area contributed by atoms with Gasteiger partial charge >= 0.3 is 5.97 Å². The van der Waals surface area contributed by atoms with E-state index in [1.165, 1.54) is 0 Å².